The quantitative estimate of drug-likeness (QED) is 0.828. The Balaban J connectivity index is 2.40. The molecule has 0 bridgehead atoms. The molecule has 4 nitrogen and oxygen atoms in total. The highest BCUT2D eigenvalue weighted by atomic mass is 32.2. The summed E-state index contributed by atoms with van der Waals surface area (Å²) in [6.07, 6.45) is 0. The number of nitrogen functional groups attached to an aromatic ring is 1. The van der Waals surface area contributed by atoms with Crippen molar-refractivity contribution in [2.24, 2.45) is 5.92 Å². The third kappa shape index (κ3) is 3.42. The number of hydrogen-bond donors (Lipinski definition) is 2. The molecule has 1 atom stereocenters. The lowest BCUT2D eigenvalue weighted by molar-refractivity contribution is 0.466. The minimum absolute atomic E-state index is 0.0198. The van der Waals surface area contributed by atoms with Gasteiger partial charge in [0.1, 0.15) is 10.7 Å². The molecule has 0 aliphatic heterocycles. The van der Waals surface area contributed by atoms with Gasteiger partial charge >= 0.3 is 0 Å². The van der Waals surface area contributed by atoms with Gasteiger partial charge in [-0.2, -0.15) is 0 Å². The number of thiophene rings is 1. The second-order valence-corrected chi connectivity index (χ2v) is 7.65. The lowest BCUT2D eigenvalue weighted by Gasteiger charge is -2.21. The van der Waals surface area contributed by atoms with E-state index in [2.05, 4.69) is 4.72 Å². The van der Waals surface area contributed by atoms with Gasteiger partial charge in [0.15, 0.2) is 0 Å². The average Bonchev–Trinajstić information content (AvgIpc) is 2.88. The first-order valence-electron chi connectivity index (χ1n) is 6.42. The Hall–Kier alpha value is -1.44. The van der Waals surface area contributed by atoms with Crippen molar-refractivity contribution in [3.63, 3.8) is 0 Å². The molecule has 1 aromatic carbocycles. The molecule has 0 amide bonds. The first-order chi connectivity index (χ1) is 9.83. The standard InChI is InChI=1S/C14H17FN2O2S2/c1-9(2)13(12-7-4-8-20-12)17-21(18,19)14-10(15)5-3-6-11(14)16/h3-9,13,17H,16H2,1-2H3. The molecule has 1 unspecified atom stereocenters. The molecule has 0 fully saturated rings. The van der Waals surface area contributed by atoms with Crippen molar-refractivity contribution in [2.75, 3.05) is 5.73 Å². The van der Waals surface area contributed by atoms with E-state index in [1.807, 2.05) is 31.4 Å². The molecule has 2 aromatic rings. The first kappa shape index (κ1) is 15.9. The second-order valence-electron chi connectivity index (χ2n) is 5.02. The summed E-state index contributed by atoms with van der Waals surface area (Å²) in [6.45, 7) is 3.80. The summed E-state index contributed by atoms with van der Waals surface area (Å²) in [5.41, 5.74) is 5.52. The topological polar surface area (TPSA) is 72.2 Å². The van der Waals surface area contributed by atoms with Crippen molar-refractivity contribution < 1.29 is 12.8 Å². The van der Waals surface area contributed by atoms with Crippen molar-refractivity contribution in [2.45, 2.75) is 24.8 Å². The molecule has 0 saturated carbocycles. The molecular weight excluding hydrogens is 311 g/mol. The van der Waals surface area contributed by atoms with E-state index in [1.165, 1.54) is 23.5 Å². The monoisotopic (exact) mass is 328 g/mol. The van der Waals surface area contributed by atoms with E-state index in [1.54, 1.807) is 0 Å². The van der Waals surface area contributed by atoms with Crippen molar-refractivity contribution >= 4 is 27.0 Å². The van der Waals surface area contributed by atoms with Crippen molar-refractivity contribution in [3.05, 3.63) is 46.4 Å². The molecule has 0 saturated heterocycles. The van der Waals surface area contributed by atoms with E-state index in [0.717, 1.165) is 10.9 Å². The molecule has 21 heavy (non-hydrogen) atoms. The molecule has 1 heterocycles. The molecule has 0 aliphatic carbocycles. The van der Waals surface area contributed by atoms with Gasteiger partial charge in [-0.25, -0.2) is 17.5 Å². The van der Waals surface area contributed by atoms with Crippen LogP contribution >= 0.6 is 11.3 Å². The molecule has 1 aromatic heterocycles. The Bertz CT molecular complexity index is 692. The minimum Gasteiger partial charge on any atom is -0.398 e. The van der Waals surface area contributed by atoms with Gasteiger partial charge in [0.2, 0.25) is 10.0 Å². The van der Waals surface area contributed by atoms with E-state index in [-0.39, 0.29) is 11.6 Å². The fraction of sp³-hybridized carbons (Fsp3) is 0.286. The summed E-state index contributed by atoms with van der Waals surface area (Å²) in [6, 6.07) is 7.11. The van der Waals surface area contributed by atoms with Crippen molar-refractivity contribution in [1.82, 2.24) is 4.72 Å². The molecular formula is C14H17FN2O2S2. The number of sulfonamides is 1. The van der Waals surface area contributed by atoms with Gasteiger partial charge < -0.3 is 5.73 Å². The van der Waals surface area contributed by atoms with Crippen LogP contribution in [0.4, 0.5) is 10.1 Å². The van der Waals surface area contributed by atoms with Crippen LogP contribution in [0.1, 0.15) is 24.8 Å². The Labute approximate surface area is 127 Å². The number of rotatable bonds is 5. The maximum atomic E-state index is 13.8. The zero-order chi connectivity index (χ0) is 15.6. The van der Waals surface area contributed by atoms with Crippen LogP contribution in [0.15, 0.2) is 40.6 Å². The summed E-state index contributed by atoms with van der Waals surface area (Å²) in [5.74, 6) is -0.831. The first-order valence-corrected chi connectivity index (χ1v) is 8.79. The van der Waals surface area contributed by atoms with Crippen LogP contribution in [-0.4, -0.2) is 8.42 Å². The number of anilines is 1. The summed E-state index contributed by atoms with van der Waals surface area (Å²) >= 11 is 1.45. The predicted molar refractivity (Wildman–Crippen MR) is 83.0 cm³/mol. The highest BCUT2D eigenvalue weighted by Gasteiger charge is 2.28. The van der Waals surface area contributed by atoms with E-state index in [4.69, 9.17) is 5.73 Å². The molecule has 3 N–H and O–H groups in total. The van der Waals surface area contributed by atoms with E-state index in [9.17, 15) is 12.8 Å². The number of hydrogen-bond acceptors (Lipinski definition) is 4. The van der Waals surface area contributed by atoms with Crippen molar-refractivity contribution in [3.8, 4) is 0 Å². The Morgan fingerprint density at radius 2 is 1.95 bits per heavy atom. The Kier molecular flexibility index (Phi) is 4.65. The van der Waals surface area contributed by atoms with Crippen LogP contribution in [-0.2, 0) is 10.0 Å². The molecule has 114 valence electrons. The SMILES string of the molecule is CC(C)C(NS(=O)(=O)c1c(N)cccc1F)c1cccs1. The third-order valence-electron chi connectivity index (χ3n) is 3.06. The third-order valence-corrected chi connectivity index (χ3v) is 5.55. The van der Waals surface area contributed by atoms with Gasteiger partial charge in [-0.1, -0.05) is 26.0 Å². The predicted octanol–water partition coefficient (Wildman–Crippen LogP) is 3.15. The number of nitrogens with one attached hydrogen (secondary N) is 1. The fourth-order valence-corrected chi connectivity index (χ4v) is 4.60. The maximum Gasteiger partial charge on any atom is 0.246 e. The smallest absolute Gasteiger partial charge is 0.246 e. The Morgan fingerprint density at radius 3 is 2.48 bits per heavy atom. The highest BCUT2D eigenvalue weighted by molar-refractivity contribution is 7.89. The van der Waals surface area contributed by atoms with Gasteiger partial charge in [0.05, 0.1) is 11.7 Å². The fourth-order valence-electron chi connectivity index (χ4n) is 2.03. The van der Waals surface area contributed by atoms with Gasteiger partial charge in [-0.3, -0.25) is 0 Å². The Morgan fingerprint density at radius 1 is 1.24 bits per heavy atom. The van der Waals surface area contributed by atoms with Crippen LogP contribution in [0.3, 0.4) is 0 Å². The lowest BCUT2D eigenvalue weighted by Crippen LogP contribution is -2.32. The van der Waals surface area contributed by atoms with E-state index < -0.39 is 26.8 Å². The lowest BCUT2D eigenvalue weighted by atomic mass is 10.0. The van der Waals surface area contributed by atoms with Gasteiger partial charge in [-0.15, -0.1) is 11.3 Å². The maximum absolute atomic E-state index is 13.8. The molecule has 0 aliphatic rings. The minimum atomic E-state index is -4.04. The largest absolute Gasteiger partial charge is 0.398 e. The number of benzene rings is 1. The van der Waals surface area contributed by atoms with Crippen LogP contribution in [0, 0.1) is 11.7 Å². The van der Waals surface area contributed by atoms with Crippen LogP contribution in [0.2, 0.25) is 0 Å². The van der Waals surface area contributed by atoms with Gasteiger partial charge in [0.25, 0.3) is 0 Å². The van der Waals surface area contributed by atoms with E-state index in [0.29, 0.717) is 0 Å². The summed E-state index contributed by atoms with van der Waals surface area (Å²) in [7, 11) is -4.04. The van der Waals surface area contributed by atoms with E-state index >= 15 is 0 Å². The number of nitrogens with two attached hydrogens (primary N) is 1. The average molecular weight is 328 g/mol. The normalized spacial score (nSPS) is 13.5. The van der Waals surface area contributed by atoms with Gasteiger partial charge in [0, 0.05) is 4.88 Å². The molecule has 0 spiro atoms. The van der Waals surface area contributed by atoms with Crippen molar-refractivity contribution in [1.29, 1.82) is 0 Å². The summed E-state index contributed by atoms with van der Waals surface area (Å²) in [5, 5.41) is 1.87. The second kappa shape index (κ2) is 6.13. The zero-order valence-electron chi connectivity index (χ0n) is 11.7. The molecule has 0 radical (unpaired) electrons. The summed E-state index contributed by atoms with van der Waals surface area (Å²) in [4.78, 5) is 0.385. The van der Waals surface area contributed by atoms with Gasteiger partial charge in [-0.05, 0) is 29.5 Å². The van der Waals surface area contributed by atoms with Crippen LogP contribution < -0.4 is 10.5 Å². The van der Waals surface area contributed by atoms with Crippen LogP contribution in [0.5, 0.6) is 0 Å². The summed E-state index contributed by atoms with van der Waals surface area (Å²) < 4.78 is 41.3. The highest BCUT2D eigenvalue weighted by Crippen LogP contribution is 2.29. The van der Waals surface area contributed by atoms with Crippen LogP contribution in [0.25, 0.3) is 0 Å². The molecule has 7 heteroatoms. The number of halogens is 1. The molecule has 2 rings (SSSR count). The zero-order valence-corrected chi connectivity index (χ0v) is 13.3.